The summed E-state index contributed by atoms with van der Waals surface area (Å²) in [6.45, 7) is 0.620. The van der Waals surface area contributed by atoms with Crippen LogP contribution >= 0.6 is 11.6 Å². The van der Waals surface area contributed by atoms with E-state index in [-0.39, 0.29) is 18.2 Å². The summed E-state index contributed by atoms with van der Waals surface area (Å²) in [4.78, 5) is 26.3. The number of para-hydroxylation sites is 1. The molecule has 1 aliphatic heterocycles. The maximum atomic E-state index is 12.4. The Morgan fingerprint density at radius 2 is 1.83 bits per heavy atom. The number of nitrogens with zero attached hydrogens (tertiary/aromatic N) is 1. The first-order valence-electron chi connectivity index (χ1n) is 7.54. The van der Waals surface area contributed by atoms with Gasteiger partial charge in [0.1, 0.15) is 6.04 Å². The molecule has 2 aromatic carbocycles. The molecular formula is C18H17ClN2O2. The molecule has 1 atom stereocenters. The van der Waals surface area contributed by atoms with Gasteiger partial charge in [-0.2, -0.15) is 0 Å². The molecule has 1 saturated heterocycles. The van der Waals surface area contributed by atoms with Gasteiger partial charge in [-0.1, -0.05) is 41.9 Å². The minimum absolute atomic E-state index is 0.0549. The van der Waals surface area contributed by atoms with Crippen molar-refractivity contribution in [3.8, 4) is 0 Å². The Labute approximate surface area is 140 Å². The van der Waals surface area contributed by atoms with Crippen molar-refractivity contribution in [1.82, 2.24) is 5.32 Å². The summed E-state index contributed by atoms with van der Waals surface area (Å²) < 4.78 is 0. The normalized spacial score (nSPS) is 17.3. The van der Waals surface area contributed by atoms with E-state index in [2.05, 4.69) is 5.32 Å². The first-order chi connectivity index (χ1) is 11.1. The van der Waals surface area contributed by atoms with Gasteiger partial charge in [-0.25, -0.2) is 0 Å². The first kappa shape index (κ1) is 15.6. The minimum Gasteiger partial charge on any atom is -0.344 e. The van der Waals surface area contributed by atoms with Crippen molar-refractivity contribution >= 4 is 29.1 Å². The van der Waals surface area contributed by atoms with E-state index < -0.39 is 6.04 Å². The Morgan fingerprint density at radius 3 is 2.52 bits per heavy atom. The van der Waals surface area contributed by atoms with Crippen LogP contribution in [0.2, 0.25) is 5.02 Å². The van der Waals surface area contributed by atoms with Gasteiger partial charge in [0.2, 0.25) is 11.8 Å². The number of hydrogen-bond donors (Lipinski definition) is 1. The Morgan fingerprint density at radius 1 is 1.13 bits per heavy atom. The van der Waals surface area contributed by atoms with Crippen LogP contribution in [0.5, 0.6) is 0 Å². The number of rotatable bonds is 4. The van der Waals surface area contributed by atoms with Gasteiger partial charge in [0, 0.05) is 17.3 Å². The summed E-state index contributed by atoms with van der Waals surface area (Å²) >= 11 is 5.83. The molecule has 2 amide bonds. The lowest BCUT2D eigenvalue weighted by Gasteiger charge is -2.17. The zero-order chi connectivity index (χ0) is 16.2. The van der Waals surface area contributed by atoms with E-state index >= 15 is 0 Å². The molecule has 23 heavy (non-hydrogen) atoms. The predicted octanol–water partition coefficient (Wildman–Crippen LogP) is 2.80. The molecule has 4 nitrogen and oxygen atoms in total. The number of amides is 2. The van der Waals surface area contributed by atoms with E-state index in [0.29, 0.717) is 18.0 Å². The topological polar surface area (TPSA) is 49.4 Å². The monoisotopic (exact) mass is 328 g/mol. The highest BCUT2D eigenvalue weighted by Crippen LogP contribution is 2.21. The standard InChI is InChI=1S/C18H17ClN2O2/c19-14-8-6-13(7-9-14)12-17(22)20-16-10-11-21(18(16)23)15-4-2-1-3-5-15/h1-9,16H,10-12H2,(H,20,22)/t16-/m0/s1. The maximum Gasteiger partial charge on any atom is 0.249 e. The van der Waals surface area contributed by atoms with Crippen LogP contribution in [0.1, 0.15) is 12.0 Å². The van der Waals surface area contributed by atoms with Crippen LogP contribution in [0, 0.1) is 0 Å². The summed E-state index contributed by atoms with van der Waals surface area (Å²) in [5.74, 6) is -0.207. The summed E-state index contributed by atoms with van der Waals surface area (Å²) in [7, 11) is 0. The second kappa shape index (κ2) is 6.84. The third-order valence-corrected chi connectivity index (χ3v) is 4.14. The van der Waals surface area contributed by atoms with Crippen LogP contribution in [0.4, 0.5) is 5.69 Å². The molecule has 0 saturated carbocycles. The van der Waals surface area contributed by atoms with E-state index in [9.17, 15) is 9.59 Å². The van der Waals surface area contributed by atoms with Crippen molar-refractivity contribution in [2.45, 2.75) is 18.9 Å². The van der Waals surface area contributed by atoms with Crippen molar-refractivity contribution in [3.05, 3.63) is 65.2 Å². The first-order valence-corrected chi connectivity index (χ1v) is 7.91. The Kier molecular flexibility index (Phi) is 4.63. The van der Waals surface area contributed by atoms with Crippen LogP contribution in [0.3, 0.4) is 0 Å². The highest BCUT2D eigenvalue weighted by Gasteiger charge is 2.33. The van der Waals surface area contributed by atoms with Gasteiger partial charge in [-0.15, -0.1) is 0 Å². The van der Waals surface area contributed by atoms with Gasteiger partial charge in [-0.3, -0.25) is 9.59 Å². The average Bonchev–Trinajstić information content (AvgIpc) is 2.91. The van der Waals surface area contributed by atoms with Gasteiger partial charge in [0.05, 0.1) is 6.42 Å². The van der Waals surface area contributed by atoms with Gasteiger partial charge >= 0.3 is 0 Å². The molecule has 1 heterocycles. The van der Waals surface area contributed by atoms with Crippen LogP contribution < -0.4 is 10.2 Å². The van der Waals surface area contributed by atoms with Crippen molar-refractivity contribution < 1.29 is 9.59 Å². The lowest BCUT2D eigenvalue weighted by molar-refractivity contribution is -0.126. The van der Waals surface area contributed by atoms with E-state index in [1.165, 1.54) is 0 Å². The van der Waals surface area contributed by atoms with Crippen LogP contribution in [-0.2, 0) is 16.0 Å². The molecule has 0 bridgehead atoms. The van der Waals surface area contributed by atoms with Gasteiger partial charge in [-0.05, 0) is 36.2 Å². The van der Waals surface area contributed by atoms with Crippen molar-refractivity contribution in [2.24, 2.45) is 0 Å². The highest BCUT2D eigenvalue weighted by atomic mass is 35.5. The summed E-state index contributed by atoms with van der Waals surface area (Å²) in [5, 5.41) is 3.47. The number of hydrogen-bond acceptors (Lipinski definition) is 2. The van der Waals surface area contributed by atoms with Gasteiger partial charge < -0.3 is 10.2 Å². The molecule has 5 heteroatoms. The fourth-order valence-electron chi connectivity index (χ4n) is 2.71. The number of nitrogens with one attached hydrogen (secondary N) is 1. The second-order valence-corrected chi connectivity index (χ2v) is 5.97. The fraction of sp³-hybridized carbons (Fsp3) is 0.222. The molecule has 2 aromatic rings. The smallest absolute Gasteiger partial charge is 0.249 e. The number of benzene rings is 2. The molecule has 0 aliphatic carbocycles. The number of halogens is 1. The Hall–Kier alpha value is -2.33. The van der Waals surface area contributed by atoms with E-state index in [4.69, 9.17) is 11.6 Å². The van der Waals surface area contributed by atoms with Gasteiger partial charge in [0.15, 0.2) is 0 Å². The van der Waals surface area contributed by atoms with Crippen molar-refractivity contribution in [1.29, 1.82) is 0 Å². The number of carbonyl (C=O) groups excluding carboxylic acids is 2. The average molecular weight is 329 g/mol. The Bertz CT molecular complexity index is 701. The summed E-state index contributed by atoms with van der Waals surface area (Å²) in [6.07, 6.45) is 0.867. The SMILES string of the molecule is O=C(Cc1ccc(Cl)cc1)N[C@H]1CCN(c2ccccc2)C1=O. The molecule has 0 aromatic heterocycles. The largest absolute Gasteiger partial charge is 0.344 e. The highest BCUT2D eigenvalue weighted by molar-refractivity contribution is 6.30. The lowest BCUT2D eigenvalue weighted by Crippen LogP contribution is -2.42. The van der Waals surface area contributed by atoms with Crippen LogP contribution in [0.15, 0.2) is 54.6 Å². The molecule has 0 unspecified atom stereocenters. The van der Waals surface area contributed by atoms with Crippen LogP contribution in [-0.4, -0.2) is 24.4 Å². The van der Waals surface area contributed by atoms with E-state index in [1.54, 1.807) is 17.0 Å². The molecule has 118 valence electrons. The summed E-state index contributed by atoms with van der Waals surface area (Å²) in [6, 6.07) is 16.2. The zero-order valence-corrected chi connectivity index (χ0v) is 13.3. The third kappa shape index (κ3) is 3.71. The van der Waals surface area contributed by atoms with Crippen molar-refractivity contribution in [2.75, 3.05) is 11.4 Å². The molecule has 3 rings (SSSR count). The minimum atomic E-state index is -0.449. The quantitative estimate of drug-likeness (QED) is 0.938. The lowest BCUT2D eigenvalue weighted by atomic mass is 10.1. The molecule has 0 spiro atoms. The molecule has 0 radical (unpaired) electrons. The fourth-order valence-corrected chi connectivity index (χ4v) is 2.84. The van der Waals surface area contributed by atoms with Gasteiger partial charge in [0.25, 0.3) is 0 Å². The van der Waals surface area contributed by atoms with E-state index in [0.717, 1.165) is 11.3 Å². The molecule has 1 aliphatic rings. The molecule has 1 N–H and O–H groups in total. The van der Waals surface area contributed by atoms with Crippen LogP contribution in [0.25, 0.3) is 0 Å². The number of anilines is 1. The van der Waals surface area contributed by atoms with E-state index in [1.807, 2.05) is 42.5 Å². The zero-order valence-electron chi connectivity index (χ0n) is 12.5. The second-order valence-electron chi connectivity index (χ2n) is 5.54. The molecule has 1 fully saturated rings. The van der Waals surface area contributed by atoms with Crippen molar-refractivity contribution in [3.63, 3.8) is 0 Å². The number of carbonyl (C=O) groups is 2. The Balaban J connectivity index is 1.59. The molecular weight excluding hydrogens is 312 g/mol. The summed E-state index contributed by atoms with van der Waals surface area (Å²) in [5.41, 5.74) is 1.74. The predicted molar refractivity (Wildman–Crippen MR) is 90.5 cm³/mol. The maximum absolute atomic E-state index is 12.4. The third-order valence-electron chi connectivity index (χ3n) is 3.89.